The van der Waals surface area contributed by atoms with Crippen molar-refractivity contribution in [3.05, 3.63) is 0 Å². The van der Waals surface area contributed by atoms with E-state index in [2.05, 4.69) is 0 Å². The third-order valence-corrected chi connectivity index (χ3v) is 2.60. The number of nitrogens with two attached hydrogens (primary N) is 1. The van der Waals surface area contributed by atoms with E-state index in [0.717, 1.165) is 18.8 Å². The molecule has 1 fully saturated rings. The summed E-state index contributed by atoms with van der Waals surface area (Å²) in [5.74, 6) is 0.849. The van der Waals surface area contributed by atoms with Gasteiger partial charge in [0.05, 0.1) is 0 Å². The fraction of sp³-hybridized carbons (Fsp3) is 1.00. The Kier molecular flexibility index (Phi) is 3.87. The summed E-state index contributed by atoms with van der Waals surface area (Å²) in [5, 5.41) is 8.86. The summed E-state index contributed by atoms with van der Waals surface area (Å²) in [7, 11) is 0. The minimum Gasteiger partial charge on any atom is -0.379 e. The minimum atomic E-state index is -0.586. The lowest BCUT2D eigenvalue weighted by Gasteiger charge is -2.21. The predicted octanol–water partition coefficient (Wildman–Crippen LogP) is 1.62. The zero-order valence-corrected chi connectivity index (χ0v) is 7.13. The van der Waals surface area contributed by atoms with Gasteiger partial charge < -0.3 is 10.8 Å². The maximum atomic E-state index is 8.86. The molecule has 0 bridgehead atoms. The molecule has 11 heavy (non-hydrogen) atoms. The average Bonchev–Trinajstić information content (AvgIpc) is 2.03. The standard InChI is InChI=1S/C9H19NO/c10-9(11)7-6-8-4-2-1-3-5-8/h8-9,11H,1-7,10H2/t9-/m1/s1. The molecule has 0 spiro atoms. The van der Waals surface area contributed by atoms with Gasteiger partial charge in [-0.2, -0.15) is 0 Å². The Morgan fingerprint density at radius 2 is 1.91 bits per heavy atom. The van der Waals surface area contributed by atoms with E-state index in [-0.39, 0.29) is 0 Å². The van der Waals surface area contributed by atoms with Gasteiger partial charge in [0.1, 0.15) is 6.23 Å². The highest BCUT2D eigenvalue weighted by Crippen LogP contribution is 2.27. The maximum absolute atomic E-state index is 8.86. The van der Waals surface area contributed by atoms with Crippen LogP contribution in [0.2, 0.25) is 0 Å². The highest BCUT2D eigenvalue weighted by atomic mass is 16.3. The maximum Gasteiger partial charge on any atom is 0.102 e. The van der Waals surface area contributed by atoms with E-state index in [1.807, 2.05) is 0 Å². The Labute approximate surface area is 68.8 Å². The summed E-state index contributed by atoms with van der Waals surface area (Å²) in [6.45, 7) is 0. The van der Waals surface area contributed by atoms with Gasteiger partial charge in [0.2, 0.25) is 0 Å². The lowest BCUT2D eigenvalue weighted by Crippen LogP contribution is -2.20. The molecule has 0 unspecified atom stereocenters. The van der Waals surface area contributed by atoms with Crippen LogP contribution in [0, 0.1) is 5.92 Å². The average molecular weight is 157 g/mol. The predicted molar refractivity (Wildman–Crippen MR) is 46.0 cm³/mol. The van der Waals surface area contributed by atoms with Gasteiger partial charge in [-0.25, -0.2) is 0 Å². The van der Waals surface area contributed by atoms with Crippen molar-refractivity contribution in [2.75, 3.05) is 0 Å². The molecule has 2 nitrogen and oxygen atoms in total. The number of aliphatic hydroxyl groups excluding tert-OH is 1. The molecule has 1 rings (SSSR count). The molecular weight excluding hydrogens is 138 g/mol. The van der Waals surface area contributed by atoms with E-state index in [9.17, 15) is 0 Å². The smallest absolute Gasteiger partial charge is 0.102 e. The zero-order valence-electron chi connectivity index (χ0n) is 7.13. The normalized spacial score (nSPS) is 23.5. The SMILES string of the molecule is N[C@H](O)CCC1CCCCC1. The van der Waals surface area contributed by atoms with Gasteiger partial charge >= 0.3 is 0 Å². The molecule has 0 amide bonds. The Balaban J connectivity index is 2.05. The Hall–Kier alpha value is -0.0800. The second kappa shape index (κ2) is 4.73. The molecule has 1 saturated carbocycles. The molecule has 0 saturated heterocycles. The summed E-state index contributed by atoms with van der Waals surface area (Å²) in [6, 6.07) is 0. The highest BCUT2D eigenvalue weighted by Gasteiger charge is 2.13. The van der Waals surface area contributed by atoms with Gasteiger partial charge in [0.15, 0.2) is 0 Å². The summed E-state index contributed by atoms with van der Waals surface area (Å²) in [6.07, 6.45) is 8.19. The monoisotopic (exact) mass is 157 g/mol. The number of hydrogen-bond acceptors (Lipinski definition) is 2. The minimum absolute atomic E-state index is 0.586. The van der Waals surface area contributed by atoms with Crippen molar-refractivity contribution < 1.29 is 5.11 Å². The molecule has 2 heteroatoms. The van der Waals surface area contributed by atoms with Gasteiger partial charge in [-0.1, -0.05) is 32.1 Å². The van der Waals surface area contributed by atoms with Gasteiger partial charge in [-0.15, -0.1) is 0 Å². The van der Waals surface area contributed by atoms with Gasteiger partial charge in [0, 0.05) is 0 Å². The third kappa shape index (κ3) is 3.73. The Morgan fingerprint density at radius 1 is 1.27 bits per heavy atom. The van der Waals surface area contributed by atoms with E-state index in [4.69, 9.17) is 10.8 Å². The molecule has 1 atom stereocenters. The van der Waals surface area contributed by atoms with Crippen LogP contribution >= 0.6 is 0 Å². The van der Waals surface area contributed by atoms with Crippen LogP contribution in [-0.2, 0) is 0 Å². The van der Waals surface area contributed by atoms with Crippen molar-refractivity contribution >= 4 is 0 Å². The quantitative estimate of drug-likeness (QED) is 0.611. The lowest BCUT2D eigenvalue weighted by atomic mass is 9.86. The van der Waals surface area contributed by atoms with E-state index in [1.165, 1.54) is 32.1 Å². The second-order valence-corrected chi connectivity index (χ2v) is 3.65. The van der Waals surface area contributed by atoms with E-state index in [1.54, 1.807) is 0 Å². The van der Waals surface area contributed by atoms with Crippen LogP contribution in [0.25, 0.3) is 0 Å². The van der Waals surface area contributed by atoms with Gasteiger partial charge in [0.25, 0.3) is 0 Å². The van der Waals surface area contributed by atoms with Crippen LogP contribution in [0.3, 0.4) is 0 Å². The first kappa shape index (κ1) is 9.01. The molecule has 1 aliphatic carbocycles. The molecule has 66 valence electrons. The molecule has 1 aliphatic rings. The van der Waals surface area contributed by atoms with Crippen LogP contribution in [-0.4, -0.2) is 11.3 Å². The van der Waals surface area contributed by atoms with Gasteiger partial charge in [-0.3, -0.25) is 0 Å². The first-order valence-corrected chi connectivity index (χ1v) is 4.72. The first-order chi connectivity index (χ1) is 5.29. The molecule has 0 radical (unpaired) electrons. The molecule has 0 aromatic carbocycles. The Bertz CT molecular complexity index is 97.7. The van der Waals surface area contributed by atoms with Crippen molar-refractivity contribution in [3.63, 3.8) is 0 Å². The highest BCUT2D eigenvalue weighted by molar-refractivity contribution is 4.66. The molecular formula is C9H19NO. The van der Waals surface area contributed by atoms with Gasteiger partial charge in [-0.05, 0) is 18.8 Å². The third-order valence-electron chi connectivity index (χ3n) is 2.60. The van der Waals surface area contributed by atoms with Crippen molar-refractivity contribution in [2.24, 2.45) is 11.7 Å². The summed E-state index contributed by atoms with van der Waals surface area (Å²) >= 11 is 0. The van der Waals surface area contributed by atoms with Crippen LogP contribution in [0.5, 0.6) is 0 Å². The summed E-state index contributed by atoms with van der Waals surface area (Å²) in [5.41, 5.74) is 5.27. The van der Waals surface area contributed by atoms with Crippen LogP contribution in [0.4, 0.5) is 0 Å². The fourth-order valence-electron chi connectivity index (χ4n) is 1.88. The zero-order chi connectivity index (χ0) is 8.10. The first-order valence-electron chi connectivity index (χ1n) is 4.72. The van der Waals surface area contributed by atoms with Crippen molar-refractivity contribution in [1.29, 1.82) is 0 Å². The van der Waals surface area contributed by atoms with Crippen molar-refractivity contribution in [1.82, 2.24) is 0 Å². The second-order valence-electron chi connectivity index (χ2n) is 3.65. The largest absolute Gasteiger partial charge is 0.379 e. The molecule has 0 aromatic heterocycles. The molecule has 3 N–H and O–H groups in total. The van der Waals surface area contributed by atoms with Crippen molar-refractivity contribution in [3.8, 4) is 0 Å². The fourth-order valence-corrected chi connectivity index (χ4v) is 1.88. The van der Waals surface area contributed by atoms with Crippen LogP contribution in [0.15, 0.2) is 0 Å². The summed E-state index contributed by atoms with van der Waals surface area (Å²) < 4.78 is 0. The van der Waals surface area contributed by atoms with Crippen molar-refractivity contribution in [2.45, 2.75) is 51.2 Å². The lowest BCUT2D eigenvalue weighted by molar-refractivity contribution is 0.156. The number of rotatable bonds is 3. The topological polar surface area (TPSA) is 46.2 Å². The summed E-state index contributed by atoms with van der Waals surface area (Å²) in [4.78, 5) is 0. The molecule has 0 aliphatic heterocycles. The van der Waals surface area contributed by atoms with E-state index >= 15 is 0 Å². The number of hydrogen-bond donors (Lipinski definition) is 2. The van der Waals surface area contributed by atoms with E-state index in [0.29, 0.717) is 0 Å². The molecule has 0 heterocycles. The number of aliphatic hydroxyl groups is 1. The van der Waals surface area contributed by atoms with E-state index < -0.39 is 6.23 Å². The Morgan fingerprint density at radius 3 is 2.45 bits per heavy atom. The molecule has 0 aromatic rings. The van der Waals surface area contributed by atoms with Crippen LogP contribution in [0.1, 0.15) is 44.9 Å². The van der Waals surface area contributed by atoms with Crippen LogP contribution < -0.4 is 5.73 Å².